The molecule has 0 bridgehead atoms. The van der Waals surface area contributed by atoms with E-state index in [-0.39, 0.29) is 9.80 Å². The molecule has 1 aromatic carbocycles. The summed E-state index contributed by atoms with van der Waals surface area (Å²) in [6.07, 6.45) is 2.53. The van der Waals surface area contributed by atoms with Gasteiger partial charge in [0.25, 0.3) is 0 Å². The highest BCUT2D eigenvalue weighted by molar-refractivity contribution is 7.95. The van der Waals surface area contributed by atoms with Crippen molar-refractivity contribution in [1.82, 2.24) is 0 Å². The molecule has 1 rings (SSSR count). The molecule has 1 atom stereocenters. The molecule has 0 amide bonds. The van der Waals surface area contributed by atoms with Gasteiger partial charge < -0.3 is 5.11 Å². The number of aliphatic hydroxyl groups excluding tert-OH is 1. The van der Waals surface area contributed by atoms with Gasteiger partial charge in [0.05, 0.1) is 9.80 Å². The highest BCUT2D eigenvalue weighted by Crippen LogP contribution is 2.22. The summed E-state index contributed by atoms with van der Waals surface area (Å²) in [6, 6.07) is 6.44. The van der Waals surface area contributed by atoms with Gasteiger partial charge in [-0.1, -0.05) is 36.4 Å². The van der Waals surface area contributed by atoms with Crippen LogP contribution in [0.25, 0.3) is 0 Å². The fourth-order valence-electron chi connectivity index (χ4n) is 1.43. The number of allylic oxidation sites excluding steroid dienone is 2. The summed E-state index contributed by atoms with van der Waals surface area (Å²) >= 11 is 0. The van der Waals surface area contributed by atoms with Gasteiger partial charge in [-0.05, 0) is 25.1 Å². The molecule has 0 aliphatic rings. The first-order valence-corrected chi connectivity index (χ1v) is 6.86. The Bertz CT molecular complexity index is 566. The minimum atomic E-state index is -3.72. The number of aryl methyl sites for hydroxylation is 1. The summed E-state index contributed by atoms with van der Waals surface area (Å²) in [5.41, 5.74) is 0.965. The Morgan fingerprint density at radius 2 is 1.83 bits per heavy atom. The van der Waals surface area contributed by atoms with Crippen LogP contribution in [0, 0.1) is 6.92 Å². The predicted molar refractivity (Wildman–Crippen MR) is 72.8 cm³/mol. The topological polar surface area (TPSA) is 54.4 Å². The molecule has 1 aromatic rings. The second kappa shape index (κ2) is 5.80. The lowest BCUT2D eigenvalue weighted by molar-refractivity contribution is 0.266. The molecule has 0 unspecified atom stereocenters. The van der Waals surface area contributed by atoms with Crippen LogP contribution in [-0.4, -0.2) is 19.6 Å². The van der Waals surface area contributed by atoms with E-state index in [0.717, 1.165) is 5.56 Å². The maximum atomic E-state index is 12.3. The number of aliphatic hydroxyl groups is 1. The highest BCUT2D eigenvalue weighted by atomic mass is 32.2. The van der Waals surface area contributed by atoms with Crippen molar-refractivity contribution in [2.75, 3.05) is 0 Å². The van der Waals surface area contributed by atoms with E-state index in [9.17, 15) is 13.5 Å². The van der Waals surface area contributed by atoms with Crippen LogP contribution in [0.4, 0.5) is 0 Å². The van der Waals surface area contributed by atoms with Crippen molar-refractivity contribution in [3.8, 4) is 0 Å². The lowest BCUT2D eigenvalue weighted by atomic mass is 10.2. The maximum absolute atomic E-state index is 12.3. The highest BCUT2D eigenvalue weighted by Gasteiger charge is 2.24. The van der Waals surface area contributed by atoms with Crippen LogP contribution in [0.15, 0.2) is 65.5 Å². The third-order valence-electron chi connectivity index (χ3n) is 2.44. The van der Waals surface area contributed by atoms with Crippen molar-refractivity contribution >= 4 is 9.84 Å². The zero-order chi connectivity index (χ0) is 13.8. The summed E-state index contributed by atoms with van der Waals surface area (Å²) in [6.45, 7) is 8.72. The second-order valence-corrected chi connectivity index (χ2v) is 5.75. The number of sulfone groups is 1. The molecule has 0 spiro atoms. The van der Waals surface area contributed by atoms with Crippen molar-refractivity contribution in [3.63, 3.8) is 0 Å². The summed E-state index contributed by atoms with van der Waals surface area (Å²) in [5.74, 6) is 0. The summed E-state index contributed by atoms with van der Waals surface area (Å²) in [4.78, 5) is 0.0125. The molecule has 0 heterocycles. The van der Waals surface area contributed by atoms with Crippen LogP contribution >= 0.6 is 0 Å². The normalized spacial score (nSPS) is 14.0. The van der Waals surface area contributed by atoms with E-state index in [2.05, 4.69) is 13.2 Å². The first-order valence-electron chi connectivity index (χ1n) is 5.38. The van der Waals surface area contributed by atoms with E-state index < -0.39 is 15.9 Å². The molecule has 0 aromatic heterocycles. The Kier molecular flexibility index (Phi) is 4.64. The lowest BCUT2D eigenvalue weighted by Crippen LogP contribution is -2.16. The first kappa shape index (κ1) is 14.4. The van der Waals surface area contributed by atoms with E-state index in [1.807, 2.05) is 6.92 Å². The van der Waals surface area contributed by atoms with E-state index in [1.54, 1.807) is 12.1 Å². The molecule has 18 heavy (non-hydrogen) atoms. The van der Waals surface area contributed by atoms with Crippen LogP contribution in [-0.2, 0) is 9.84 Å². The smallest absolute Gasteiger partial charge is 0.205 e. The van der Waals surface area contributed by atoms with Gasteiger partial charge in [0.15, 0.2) is 0 Å². The summed E-state index contributed by atoms with van der Waals surface area (Å²) < 4.78 is 24.6. The summed E-state index contributed by atoms with van der Waals surface area (Å²) in [7, 11) is -3.72. The molecule has 4 heteroatoms. The van der Waals surface area contributed by atoms with Gasteiger partial charge in [-0.25, -0.2) is 8.42 Å². The largest absolute Gasteiger partial charge is 0.384 e. The molecule has 0 aliphatic heterocycles. The zero-order valence-electron chi connectivity index (χ0n) is 10.2. The Morgan fingerprint density at radius 1 is 1.28 bits per heavy atom. The molecule has 0 saturated heterocycles. The zero-order valence-corrected chi connectivity index (χ0v) is 11.0. The SMILES string of the molecule is C=C/C=C(\[C@H](O)C=C)S(=O)(=O)c1ccc(C)cc1. The standard InChI is InChI=1S/C14H16O3S/c1-4-6-14(13(15)5-2)18(16,17)12-9-7-11(3)8-10-12/h4-10,13,15H,1-2H2,3H3/b14-6+/t13-/m1/s1. The molecular weight excluding hydrogens is 248 g/mol. The van der Waals surface area contributed by atoms with E-state index in [0.29, 0.717) is 0 Å². The Hall–Kier alpha value is -1.65. The monoisotopic (exact) mass is 264 g/mol. The predicted octanol–water partition coefficient (Wildman–Crippen LogP) is 2.39. The lowest BCUT2D eigenvalue weighted by Gasteiger charge is -2.12. The van der Waals surface area contributed by atoms with Gasteiger partial charge >= 0.3 is 0 Å². The average molecular weight is 264 g/mol. The van der Waals surface area contributed by atoms with Crippen molar-refractivity contribution in [2.24, 2.45) is 0 Å². The van der Waals surface area contributed by atoms with Gasteiger partial charge in [-0.2, -0.15) is 0 Å². The molecule has 1 N–H and O–H groups in total. The molecule has 96 valence electrons. The van der Waals surface area contributed by atoms with Crippen LogP contribution < -0.4 is 0 Å². The number of hydrogen-bond acceptors (Lipinski definition) is 3. The van der Waals surface area contributed by atoms with E-state index >= 15 is 0 Å². The van der Waals surface area contributed by atoms with E-state index in [1.165, 1.54) is 30.4 Å². The van der Waals surface area contributed by atoms with Gasteiger partial charge in [0, 0.05) is 0 Å². The van der Waals surface area contributed by atoms with Crippen molar-refractivity contribution in [1.29, 1.82) is 0 Å². The average Bonchev–Trinajstić information content (AvgIpc) is 2.35. The fraction of sp³-hybridized carbons (Fsp3) is 0.143. The van der Waals surface area contributed by atoms with Gasteiger partial charge in [0.1, 0.15) is 6.10 Å². The fourth-order valence-corrected chi connectivity index (χ4v) is 2.89. The Balaban J connectivity index is 3.34. The minimum absolute atomic E-state index is 0.128. The molecule has 3 nitrogen and oxygen atoms in total. The maximum Gasteiger partial charge on any atom is 0.205 e. The summed E-state index contributed by atoms with van der Waals surface area (Å²) in [5, 5.41) is 9.69. The van der Waals surface area contributed by atoms with Gasteiger partial charge in [0.2, 0.25) is 9.84 Å². The number of hydrogen-bond donors (Lipinski definition) is 1. The molecule has 0 aliphatic carbocycles. The van der Waals surface area contributed by atoms with Crippen LogP contribution in [0.3, 0.4) is 0 Å². The Morgan fingerprint density at radius 3 is 2.28 bits per heavy atom. The Labute approximate surface area is 108 Å². The van der Waals surface area contributed by atoms with Crippen LogP contribution in [0.5, 0.6) is 0 Å². The molecule has 0 radical (unpaired) electrons. The van der Waals surface area contributed by atoms with Gasteiger partial charge in [-0.15, -0.1) is 6.58 Å². The van der Waals surface area contributed by atoms with E-state index in [4.69, 9.17) is 0 Å². The molecule has 0 fully saturated rings. The van der Waals surface area contributed by atoms with Crippen molar-refractivity contribution in [3.05, 3.63) is 66.1 Å². The number of rotatable bonds is 5. The van der Waals surface area contributed by atoms with Crippen molar-refractivity contribution < 1.29 is 13.5 Å². The van der Waals surface area contributed by atoms with Gasteiger partial charge in [-0.3, -0.25) is 0 Å². The quantitative estimate of drug-likeness (QED) is 0.656. The third-order valence-corrected chi connectivity index (χ3v) is 4.33. The third kappa shape index (κ3) is 2.97. The first-order chi connectivity index (χ1) is 8.43. The minimum Gasteiger partial charge on any atom is -0.384 e. The van der Waals surface area contributed by atoms with Crippen molar-refractivity contribution in [2.45, 2.75) is 17.9 Å². The molecular formula is C14H16O3S. The second-order valence-electron chi connectivity index (χ2n) is 3.80. The van der Waals surface area contributed by atoms with Crippen LogP contribution in [0.1, 0.15) is 5.56 Å². The number of benzene rings is 1. The molecule has 0 saturated carbocycles. The van der Waals surface area contributed by atoms with Crippen LogP contribution in [0.2, 0.25) is 0 Å².